The molecule has 1 aliphatic carbocycles. The van der Waals surface area contributed by atoms with E-state index in [0.717, 1.165) is 11.3 Å². The Morgan fingerprint density at radius 2 is 2.00 bits per heavy atom. The highest BCUT2D eigenvalue weighted by molar-refractivity contribution is 7.91. The first-order chi connectivity index (χ1) is 14.7. The zero-order valence-corrected chi connectivity index (χ0v) is 19.1. The summed E-state index contributed by atoms with van der Waals surface area (Å²) < 4.78 is 54.3. The fourth-order valence-corrected chi connectivity index (χ4v) is 7.60. The molecule has 0 saturated heterocycles. The Bertz CT molecular complexity index is 1170. The van der Waals surface area contributed by atoms with E-state index in [1.165, 1.54) is 0 Å². The lowest BCUT2D eigenvalue weighted by Gasteiger charge is -2.37. The van der Waals surface area contributed by atoms with Crippen molar-refractivity contribution in [3.63, 3.8) is 0 Å². The molecule has 2 aliphatic heterocycles. The van der Waals surface area contributed by atoms with Gasteiger partial charge in [0, 0.05) is 44.2 Å². The van der Waals surface area contributed by atoms with Crippen LogP contribution in [0.5, 0.6) is 0 Å². The summed E-state index contributed by atoms with van der Waals surface area (Å²) in [6.45, 7) is 3.04. The van der Waals surface area contributed by atoms with Crippen LogP contribution in [0.2, 0.25) is 0 Å². The minimum atomic E-state index is -3.63. The second-order valence-corrected chi connectivity index (χ2v) is 12.3. The van der Waals surface area contributed by atoms with E-state index >= 15 is 0 Å². The van der Waals surface area contributed by atoms with E-state index in [2.05, 4.69) is 4.72 Å². The number of nitrogens with zero attached hydrogens (tertiary/aromatic N) is 2. The molecule has 0 aromatic heterocycles. The lowest BCUT2D eigenvalue weighted by Crippen LogP contribution is -2.47. The van der Waals surface area contributed by atoms with Crippen molar-refractivity contribution in [3.05, 3.63) is 53.3 Å². The van der Waals surface area contributed by atoms with E-state index in [4.69, 9.17) is 10.7 Å². The van der Waals surface area contributed by atoms with E-state index in [0.29, 0.717) is 29.3 Å². The first kappa shape index (κ1) is 22.2. The van der Waals surface area contributed by atoms with Crippen LogP contribution in [-0.4, -0.2) is 58.2 Å². The van der Waals surface area contributed by atoms with Crippen LogP contribution in [0.4, 0.5) is 0 Å². The van der Waals surface area contributed by atoms with Gasteiger partial charge in [0.1, 0.15) is 5.84 Å². The molecule has 0 amide bonds. The van der Waals surface area contributed by atoms with Crippen molar-refractivity contribution in [2.24, 2.45) is 16.6 Å². The molecule has 3 N–H and O–H groups in total. The molecule has 31 heavy (non-hydrogen) atoms. The highest BCUT2D eigenvalue weighted by atomic mass is 32.2. The third-order valence-electron chi connectivity index (χ3n) is 6.06. The zero-order chi connectivity index (χ0) is 22.2. The van der Waals surface area contributed by atoms with Crippen molar-refractivity contribution < 1.29 is 16.8 Å². The summed E-state index contributed by atoms with van der Waals surface area (Å²) >= 11 is 0. The van der Waals surface area contributed by atoms with E-state index in [9.17, 15) is 16.8 Å². The molecular formula is C21H28N4O4S2. The Kier molecular flexibility index (Phi) is 6.08. The molecule has 8 nitrogen and oxygen atoms in total. The molecule has 0 spiro atoms. The van der Waals surface area contributed by atoms with Gasteiger partial charge in [0.05, 0.1) is 15.9 Å². The Hall–Kier alpha value is -2.01. The third kappa shape index (κ3) is 4.48. The van der Waals surface area contributed by atoms with E-state index in [-0.39, 0.29) is 37.7 Å². The third-order valence-corrected chi connectivity index (χ3v) is 9.75. The average molecular weight is 465 g/mol. The predicted molar refractivity (Wildman–Crippen MR) is 121 cm³/mol. The smallest absolute Gasteiger partial charge is 0.215 e. The zero-order valence-electron chi connectivity index (χ0n) is 17.5. The molecule has 168 valence electrons. The largest absolute Gasteiger partial charge is 0.355 e. The second-order valence-electron chi connectivity index (χ2n) is 8.26. The van der Waals surface area contributed by atoms with Crippen LogP contribution in [0, 0.1) is 5.92 Å². The minimum absolute atomic E-state index is 0.0344. The molecule has 1 aromatic carbocycles. The van der Waals surface area contributed by atoms with E-state index < -0.39 is 25.1 Å². The van der Waals surface area contributed by atoms with Crippen LogP contribution < -0.4 is 10.5 Å². The van der Waals surface area contributed by atoms with Crippen LogP contribution >= 0.6 is 0 Å². The molecule has 0 fully saturated rings. The molecular weight excluding hydrogens is 436 g/mol. The topological polar surface area (TPSA) is 122 Å². The highest BCUT2D eigenvalue weighted by Crippen LogP contribution is 2.38. The van der Waals surface area contributed by atoms with Crippen LogP contribution in [0.25, 0.3) is 0 Å². The number of hydrogen-bond acceptors (Lipinski definition) is 7. The molecule has 0 unspecified atom stereocenters. The maximum atomic E-state index is 13.1. The number of nitrogens with one attached hydrogen (secondary N) is 1. The Balaban J connectivity index is 1.71. The molecule has 3 aliphatic rings. The fraction of sp³-hybridized carbons (Fsp3) is 0.476. The van der Waals surface area contributed by atoms with Crippen LogP contribution in [-0.2, 0) is 26.4 Å². The van der Waals surface area contributed by atoms with Crippen LogP contribution in [0.1, 0.15) is 25.3 Å². The molecule has 10 heteroatoms. The second kappa shape index (κ2) is 8.50. The molecule has 2 heterocycles. The number of benzene rings is 1. The number of aliphatic imine (C=N–C) groups is 1. The van der Waals surface area contributed by atoms with Gasteiger partial charge >= 0.3 is 0 Å². The van der Waals surface area contributed by atoms with Crippen LogP contribution in [0.15, 0.2) is 57.6 Å². The molecule has 0 saturated carbocycles. The molecule has 0 bridgehead atoms. The van der Waals surface area contributed by atoms with Gasteiger partial charge in [-0.05, 0) is 31.1 Å². The predicted octanol–water partition coefficient (Wildman–Crippen LogP) is 1.17. The van der Waals surface area contributed by atoms with Crippen molar-refractivity contribution >= 4 is 25.7 Å². The van der Waals surface area contributed by atoms with Crippen LogP contribution in [0.3, 0.4) is 0 Å². The van der Waals surface area contributed by atoms with Crippen molar-refractivity contribution in [2.45, 2.75) is 36.5 Å². The average Bonchev–Trinajstić information content (AvgIpc) is 2.87. The summed E-state index contributed by atoms with van der Waals surface area (Å²) in [4.78, 5) is 7.07. The molecule has 1 aromatic rings. The normalized spacial score (nSPS) is 25.5. The van der Waals surface area contributed by atoms with Crippen molar-refractivity contribution in [3.8, 4) is 0 Å². The Morgan fingerprint density at radius 3 is 2.77 bits per heavy atom. The van der Waals surface area contributed by atoms with Gasteiger partial charge < -0.3 is 10.6 Å². The maximum Gasteiger partial charge on any atom is 0.215 e. The summed E-state index contributed by atoms with van der Waals surface area (Å²) in [5.41, 5.74) is 8.07. The lowest BCUT2D eigenvalue weighted by atomic mass is 9.86. The first-order valence-corrected chi connectivity index (χ1v) is 13.6. The standard InChI is InChI=1S/C21H28N4O4S2/c1-15-6-7-18-17(12-15)20(31(28,29)23-9-8-22)13-21(24-18)25-10-11-30(26,27)19-5-3-2-4-16(19)14-25/h2-7,17,20,23H,8-14,22H2,1H3/t17-,20+/m1/s1. The Labute approximate surface area is 183 Å². The van der Waals surface area contributed by atoms with Gasteiger partial charge in [0.2, 0.25) is 10.0 Å². The summed E-state index contributed by atoms with van der Waals surface area (Å²) in [5.74, 6) is 0.352. The summed E-state index contributed by atoms with van der Waals surface area (Å²) in [7, 11) is -7.03. The minimum Gasteiger partial charge on any atom is -0.355 e. The van der Waals surface area contributed by atoms with Crippen molar-refractivity contribution in [1.29, 1.82) is 0 Å². The number of amidine groups is 1. The van der Waals surface area contributed by atoms with Gasteiger partial charge in [-0.25, -0.2) is 26.6 Å². The summed E-state index contributed by atoms with van der Waals surface area (Å²) in [6, 6.07) is 6.98. The SMILES string of the molecule is CC1=CC=C2N=C(N3CCS(=O)(=O)c4ccccc4C3)C[C@H](S(=O)(=O)NCCN)[C@@H]2C1. The number of sulfone groups is 1. The summed E-state index contributed by atoms with van der Waals surface area (Å²) in [6.07, 6.45) is 4.72. The van der Waals surface area contributed by atoms with E-state index in [1.807, 2.05) is 30.0 Å². The van der Waals surface area contributed by atoms with Crippen molar-refractivity contribution in [2.75, 3.05) is 25.4 Å². The molecule has 2 atom stereocenters. The van der Waals surface area contributed by atoms with E-state index in [1.54, 1.807) is 18.2 Å². The number of fused-ring (bicyclic) bond motifs is 2. The quantitative estimate of drug-likeness (QED) is 0.690. The van der Waals surface area contributed by atoms with Gasteiger partial charge in [-0.3, -0.25) is 0 Å². The number of rotatable bonds is 4. The van der Waals surface area contributed by atoms with Gasteiger partial charge in [0.25, 0.3) is 0 Å². The summed E-state index contributed by atoms with van der Waals surface area (Å²) in [5, 5.41) is -0.684. The van der Waals surface area contributed by atoms with Gasteiger partial charge in [0.15, 0.2) is 9.84 Å². The fourth-order valence-electron chi connectivity index (χ4n) is 4.45. The number of allylic oxidation sites excluding steroid dienone is 4. The lowest BCUT2D eigenvalue weighted by molar-refractivity contribution is 0.405. The maximum absolute atomic E-state index is 13.1. The number of sulfonamides is 1. The molecule has 0 radical (unpaired) electrons. The van der Waals surface area contributed by atoms with Gasteiger partial charge in [-0.1, -0.05) is 29.8 Å². The monoisotopic (exact) mass is 464 g/mol. The van der Waals surface area contributed by atoms with Crippen molar-refractivity contribution in [1.82, 2.24) is 9.62 Å². The molecule has 4 rings (SSSR count). The highest BCUT2D eigenvalue weighted by Gasteiger charge is 2.42. The first-order valence-electron chi connectivity index (χ1n) is 10.4. The van der Waals surface area contributed by atoms with Gasteiger partial charge in [-0.2, -0.15) is 0 Å². The van der Waals surface area contributed by atoms with Gasteiger partial charge in [-0.15, -0.1) is 0 Å². The Morgan fingerprint density at radius 1 is 1.23 bits per heavy atom. The number of hydrogen-bond donors (Lipinski definition) is 2. The number of nitrogens with two attached hydrogens (primary N) is 1.